The maximum atomic E-state index is 9.94. The smallest absolute Gasteiger partial charge is 0.268 e. The molecule has 0 aromatic carbocycles. The molecule has 0 aliphatic heterocycles. The Morgan fingerprint density at radius 1 is 1.88 bits per heavy atom. The van der Waals surface area contributed by atoms with Crippen molar-refractivity contribution in [3.05, 3.63) is 10.1 Å². The number of nitrogens with zero attached hydrogens (tertiary/aromatic N) is 1. The molecule has 0 radical (unpaired) electrons. The van der Waals surface area contributed by atoms with Crippen molar-refractivity contribution in [2.45, 2.75) is 0 Å². The van der Waals surface area contributed by atoms with Crippen LogP contribution in [-0.2, 0) is 9.63 Å². The molecule has 0 saturated carbocycles. The minimum absolute atomic E-state index is 0.0546. The van der Waals surface area contributed by atoms with Crippen LogP contribution < -0.4 is 0 Å². The van der Waals surface area contributed by atoms with E-state index in [1.54, 1.807) is 0 Å². The van der Waals surface area contributed by atoms with Crippen molar-refractivity contribution in [2.24, 2.45) is 0 Å². The van der Waals surface area contributed by atoms with E-state index in [2.05, 4.69) is 4.84 Å². The van der Waals surface area contributed by atoms with Crippen LogP contribution in [0.1, 0.15) is 0 Å². The molecule has 6 heteroatoms. The van der Waals surface area contributed by atoms with Crippen LogP contribution in [0, 0.1) is 10.1 Å². The summed E-state index contributed by atoms with van der Waals surface area (Å²) in [6.07, 6.45) is -0.0546. The van der Waals surface area contributed by atoms with Gasteiger partial charge in [-0.15, -0.1) is 19.4 Å². The summed E-state index contributed by atoms with van der Waals surface area (Å²) >= 11 is 0. The first kappa shape index (κ1) is 7.30. The number of rotatable bonds is 2. The van der Waals surface area contributed by atoms with Crippen LogP contribution in [0.2, 0.25) is 0 Å². The second-order valence-corrected chi connectivity index (χ2v) is 1.30. The van der Waals surface area contributed by atoms with Crippen LogP contribution in [-0.4, -0.2) is 17.2 Å². The Bertz CT molecular complexity index is 113. The molecule has 5 nitrogen and oxygen atoms in total. The van der Waals surface area contributed by atoms with Gasteiger partial charge >= 0.3 is 11.1 Å². The molecule has 1 atom stereocenters. The Kier molecular flexibility index (Phi) is 3.03. The van der Waals surface area contributed by atoms with Crippen molar-refractivity contribution >= 4 is 15.2 Å². The maximum Gasteiger partial charge on any atom is 0.307 e. The van der Waals surface area contributed by atoms with Gasteiger partial charge in [0.2, 0.25) is 0 Å². The summed E-state index contributed by atoms with van der Waals surface area (Å²) in [5.74, 6) is -0.861. The summed E-state index contributed by atoms with van der Waals surface area (Å²) < 4.78 is 0. The Labute approximate surface area is 47.3 Å². The third-order valence-corrected chi connectivity index (χ3v) is 0.676. The van der Waals surface area contributed by atoms with Crippen LogP contribution in [0.15, 0.2) is 0 Å². The van der Waals surface area contributed by atoms with E-state index < -0.39 is 11.1 Å². The molecule has 0 fully saturated rings. The fourth-order valence-electron chi connectivity index (χ4n) is 0.120. The minimum atomic E-state index is -1.13. The van der Waals surface area contributed by atoms with Crippen molar-refractivity contribution in [3.63, 3.8) is 0 Å². The SMILES string of the molecule is O=C(CP)O[N+](=O)[O-]. The lowest BCUT2D eigenvalue weighted by atomic mass is 10.8. The first-order valence-corrected chi connectivity index (χ1v) is 2.53. The van der Waals surface area contributed by atoms with Crippen LogP contribution in [0.5, 0.6) is 0 Å². The highest BCUT2D eigenvalue weighted by Crippen LogP contribution is 1.84. The van der Waals surface area contributed by atoms with Crippen molar-refractivity contribution in [3.8, 4) is 0 Å². The monoisotopic (exact) mass is 137 g/mol. The molecule has 0 aromatic rings. The fraction of sp³-hybridized carbons (Fsp3) is 0.500. The minimum Gasteiger partial charge on any atom is -0.268 e. The third kappa shape index (κ3) is 3.49. The number of hydrogen-bond donors (Lipinski definition) is 0. The second-order valence-electron chi connectivity index (χ2n) is 0.891. The van der Waals surface area contributed by atoms with Crippen LogP contribution in [0.4, 0.5) is 0 Å². The predicted octanol–water partition coefficient (Wildman–Crippen LogP) is -0.404. The van der Waals surface area contributed by atoms with Gasteiger partial charge in [-0.1, -0.05) is 0 Å². The molecular formula is C2H4NO4P. The number of carbonyl (C=O) groups is 1. The first-order valence-electron chi connectivity index (χ1n) is 1.72. The van der Waals surface area contributed by atoms with Gasteiger partial charge in [-0.2, -0.15) is 0 Å². The van der Waals surface area contributed by atoms with Gasteiger partial charge in [0.05, 0.1) is 0 Å². The van der Waals surface area contributed by atoms with Gasteiger partial charge in [0.15, 0.2) is 0 Å². The molecule has 0 spiro atoms. The molecule has 0 N–H and O–H groups in total. The quantitative estimate of drug-likeness (QED) is 0.295. The van der Waals surface area contributed by atoms with Crippen LogP contribution in [0.3, 0.4) is 0 Å². The summed E-state index contributed by atoms with van der Waals surface area (Å²) in [7, 11) is 2.01. The molecule has 0 bridgehead atoms. The average molecular weight is 137 g/mol. The van der Waals surface area contributed by atoms with E-state index in [9.17, 15) is 14.9 Å². The number of hydrogen-bond acceptors (Lipinski definition) is 4. The van der Waals surface area contributed by atoms with E-state index in [4.69, 9.17) is 0 Å². The van der Waals surface area contributed by atoms with Crippen LogP contribution >= 0.6 is 9.24 Å². The Morgan fingerprint density at radius 2 is 2.38 bits per heavy atom. The lowest BCUT2D eigenvalue weighted by Gasteiger charge is -1.87. The summed E-state index contributed by atoms with van der Waals surface area (Å²) in [4.78, 5) is 22.7. The molecule has 0 saturated heterocycles. The molecule has 0 rings (SSSR count). The highest BCUT2D eigenvalue weighted by molar-refractivity contribution is 7.18. The molecule has 1 unspecified atom stereocenters. The largest absolute Gasteiger partial charge is 0.307 e. The molecule has 46 valence electrons. The Hall–Kier alpha value is -0.700. The van der Waals surface area contributed by atoms with Gasteiger partial charge in [-0.25, -0.2) is 4.84 Å². The van der Waals surface area contributed by atoms with Crippen molar-refractivity contribution in [1.29, 1.82) is 0 Å². The van der Waals surface area contributed by atoms with E-state index in [0.29, 0.717) is 0 Å². The van der Waals surface area contributed by atoms with E-state index in [0.717, 1.165) is 0 Å². The topological polar surface area (TPSA) is 69.4 Å². The molecule has 8 heavy (non-hydrogen) atoms. The van der Waals surface area contributed by atoms with Crippen molar-refractivity contribution in [1.82, 2.24) is 0 Å². The van der Waals surface area contributed by atoms with Crippen molar-refractivity contribution < 1.29 is 14.7 Å². The summed E-state index contributed by atoms with van der Waals surface area (Å²) in [6, 6.07) is 0. The normalized spacial score (nSPS) is 8.12. The van der Waals surface area contributed by atoms with E-state index in [1.807, 2.05) is 9.24 Å². The molecule has 0 aliphatic rings. The van der Waals surface area contributed by atoms with Gasteiger partial charge < -0.3 is 0 Å². The number of carbonyl (C=O) groups excluding carboxylic acids is 1. The van der Waals surface area contributed by atoms with Crippen LogP contribution in [0.25, 0.3) is 0 Å². The highest BCUT2D eigenvalue weighted by Gasteiger charge is 2.01. The van der Waals surface area contributed by atoms with Gasteiger partial charge in [0.1, 0.15) is 0 Å². The van der Waals surface area contributed by atoms with E-state index in [-0.39, 0.29) is 6.16 Å². The molecule has 0 aromatic heterocycles. The van der Waals surface area contributed by atoms with E-state index >= 15 is 0 Å². The standard InChI is InChI=1S/C2H4NO4P/c4-2(1-8)7-3(5)6/h1,8H2. The predicted molar refractivity (Wildman–Crippen MR) is 27.7 cm³/mol. The average Bonchev–Trinajstić information content (AvgIpc) is 1.65. The summed E-state index contributed by atoms with van der Waals surface area (Å²) in [5, 5.41) is 8.19. The lowest BCUT2D eigenvalue weighted by Crippen LogP contribution is -2.10. The van der Waals surface area contributed by atoms with E-state index in [1.165, 1.54) is 0 Å². The van der Waals surface area contributed by atoms with Gasteiger partial charge in [0, 0.05) is 6.16 Å². The zero-order valence-electron chi connectivity index (χ0n) is 3.86. The summed E-state index contributed by atoms with van der Waals surface area (Å²) in [6.45, 7) is 0. The highest BCUT2D eigenvalue weighted by atomic mass is 31.0. The van der Waals surface area contributed by atoms with Crippen molar-refractivity contribution in [2.75, 3.05) is 6.16 Å². The second kappa shape index (κ2) is 3.32. The molecule has 0 heterocycles. The van der Waals surface area contributed by atoms with Gasteiger partial charge in [-0.05, 0) is 0 Å². The fourth-order valence-corrected chi connectivity index (χ4v) is 0.195. The zero-order valence-corrected chi connectivity index (χ0v) is 5.02. The Balaban J connectivity index is 3.40. The molecule has 0 aliphatic carbocycles. The zero-order chi connectivity index (χ0) is 6.57. The maximum absolute atomic E-state index is 9.94. The molecule has 0 amide bonds. The third-order valence-electron chi connectivity index (χ3n) is 0.343. The lowest BCUT2D eigenvalue weighted by molar-refractivity contribution is -0.729. The Morgan fingerprint density at radius 3 is 2.50 bits per heavy atom. The molecular weight excluding hydrogens is 133 g/mol. The van der Waals surface area contributed by atoms with Gasteiger partial charge in [0.25, 0.3) is 0 Å². The first-order chi connectivity index (χ1) is 3.66. The van der Waals surface area contributed by atoms with Gasteiger partial charge in [-0.3, -0.25) is 4.79 Å². The summed E-state index contributed by atoms with van der Waals surface area (Å²) in [5.41, 5.74) is 0.